The number of pyridine rings is 1. The van der Waals surface area contributed by atoms with Crippen molar-refractivity contribution in [2.45, 2.75) is 17.6 Å². The Morgan fingerprint density at radius 1 is 1.03 bits per heavy atom. The maximum Gasteiger partial charge on any atom is 0.433 e. The molecule has 0 saturated heterocycles. The molecule has 1 aromatic carbocycles. The van der Waals surface area contributed by atoms with Crippen molar-refractivity contribution in [2.75, 3.05) is 20.6 Å². The first-order chi connectivity index (χ1) is 14.0. The number of rotatable bonds is 6. The van der Waals surface area contributed by atoms with Crippen LogP contribution in [0.15, 0.2) is 53.7 Å². The number of alkyl halides is 3. The zero-order chi connectivity index (χ0) is 22.1. The standard InChI is InChI=1S/C19H20F3N5O2S/c1-26(2)11-12-27-18(19(20,21)22)16(13-7-9-24-10-8-13)17(25-27)14-3-5-15(6-4-14)30(23,28)29/h3-10H,11-12H2,1-2H3,(H2,23,28,29). The van der Waals surface area contributed by atoms with Gasteiger partial charge in [-0.05, 0) is 43.9 Å². The molecule has 0 amide bonds. The SMILES string of the molecule is CN(C)CCn1nc(-c2ccc(S(N)(=O)=O)cc2)c(-c2ccncc2)c1C(F)(F)F. The predicted molar refractivity (Wildman–Crippen MR) is 106 cm³/mol. The van der Waals surface area contributed by atoms with Gasteiger partial charge in [0.15, 0.2) is 5.69 Å². The van der Waals surface area contributed by atoms with Crippen LogP contribution in [0.3, 0.4) is 0 Å². The van der Waals surface area contributed by atoms with Gasteiger partial charge in [-0.3, -0.25) is 9.67 Å². The summed E-state index contributed by atoms with van der Waals surface area (Å²) in [5, 5.41) is 9.37. The van der Waals surface area contributed by atoms with Gasteiger partial charge in [-0.2, -0.15) is 18.3 Å². The molecule has 3 rings (SSSR count). The van der Waals surface area contributed by atoms with Crippen LogP contribution in [0.1, 0.15) is 5.69 Å². The number of halogens is 3. The Bertz CT molecular complexity index is 1130. The maximum atomic E-state index is 14.1. The van der Waals surface area contributed by atoms with Gasteiger partial charge in [0.25, 0.3) is 0 Å². The van der Waals surface area contributed by atoms with E-state index in [9.17, 15) is 21.6 Å². The van der Waals surface area contributed by atoms with E-state index >= 15 is 0 Å². The lowest BCUT2D eigenvalue weighted by molar-refractivity contribution is -0.143. The molecule has 2 N–H and O–H groups in total. The van der Waals surface area contributed by atoms with Crippen molar-refractivity contribution in [3.05, 3.63) is 54.5 Å². The zero-order valence-electron chi connectivity index (χ0n) is 16.3. The van der Waals surface area contributed by atoms with E-state index < -0.39 is 21.9 Å². The van der Waals surface area contributed by atoms with E-state index in [0.29, 0.717) is 17.7 Å². The fourth-order valence-electron chi connectivity index (χ4n) is 3.00. The highest BCUT2D eigenvalue weighted by Gasteiger charge is 2.40. The second kappa shape index (κ2) is 8.17. The van der Waals surface area contributed by atoms with Crippen LogP contribution in [0.5, 0.6) is 0 Å². The van der Waals surface area contributed by atoms with E-state index in [0.717, 1.165) is 4.68 Å². The van der Waals surface area contributed by atoms with E-state index in [-0.39, 0.29) is 22.7 Å². The van der Waals surface area contributed by atoms with Gasteiger partial charge in [0.1, 0.15) is 5.69 Å². The summed E-state index contributed by atoms with van der Waals surface area (Å²) in [7, 11) is -0.413. The molecule has 0 spiro atoms. The maximum absolute atomic E-state index is 14.1. The molecule has 7 nitrogen and oxygen atoms in total. The monoisotopic (exact) mass is 439 g/mol. The molecule has 0 aliphatic carbocycles. The van der Waals surface area contributed by atoms with Gasteiger partial charge in [0, 0.05) is 30.1 Å². The van der Waals surface area contributed by atoms with Crippen LogP contribution in [-0.4, -0.2) is 48.7 Å². The molecule has 11 heteroatoms. The summed E-state index contributed by atoms with van der Waals surface area (Å²) >= 11 is 0. The molecule has 0 fully saturated rings. The molecule has 30 heavy (non-hydrogen) atoms. The summed E-state index contributed by atoms with van der Waals surface area (Å²) < 4.78 is 66.2. The molecule has 0 aliphatic rings. The second-order valence-electron chi connectivity index (χ2n) is 6.90. The highest BCUT2D eigenvalue weighted by molar-refractivity contribution is 7.89. The number of aromatic nitrogens is 3. The first-order valence-corrected chi connectivity index (χ1v) is 10.4. The minimum atomic E-state index is -4.66. The number of likely N-dealkylation sites (N-methyl/N-ethyl adjacent to an activating group) is 1. The normalized spacial score (nSPS) is 12.5. The van der Waals surface area contributed by atoms with Crippen LogP contribution < -0.4 is 5.14 Å². The van der Waals surface area contributed by atoms with E-state index in [2.05, 4.69) is 10.1 Å². The highest BCUT2D eigenvalue weighted by atomic mass is 32.2. The Kier molecular flexibility index (Phi) is 5.97. The van der Waals surface area contributed by atoms with E-state index in [1.165, 1.54) is 48.8 Å². The van der Waals surface area contributed by atoms with Gasteiger partial charge < -0.3 is 4.90 Å². The molecule has 2 aromatic heterocycles. The fraction of sp³-hybridized carbons (Fsp3) is 0.263. The van der Waals surface area contributed by atoms with Gasteiger partial charge >= 0.3 is 6.18 Å². The number of hydrogen-bond donors (Lipinski definition) is 1. The number of hydrogen-bond acceptors (Lipinski definition) is 5. The minimum Gasteiger partial charge on any atom is -0.308 e. The Hall–Kier alpha value is -2.76. The molecule has 0 saturated carbocycles. The number of nitrogens with zero attached hydrogens (tertiary/aromatic N) is 4. The summed E-state index contributed by atoms with van der Waals surface area (Å²) in [6.07, 6.45) is -1.85. The Balaban J connectivity index is 2.26. The summed E-state index contributed by atoms with van der Waals surface area (Å²) in [5.74, 6) is 0. The van der Waals surface area contributed by atoms with E-state index in [1.54, 1.807) is 19.0 Å². The first-order valence-electron chi connectivity index (χ1n) is 8.85. The lowest BCUT2D eigenvalue weighted by Gasteiger charge is -2.15. The molecule has 0 atom stereocenters. The topological polar surface area (TPSA) is 94.1 Å². The van der Waals surface area contributed by atoms with Crippen molar-refractivity contribution in [2.24, 2.45) is 5.14 Å². The van der Waals surface area contributed by atoms with Crippen LogP contribution >= 0.6 is 0 Å². The summed E-state index contributed by atoms with van der Waals surface area (Å²) in [6, 6.07) is 8.22. The van der Waals surface area contributed by atoms with E-state index in [4.69, 9.17) is 5.14 Å². The van der Waals surface area contributed by atoms with Crippen LogP contribution in [0.4, 0.5) is 13.2 Å². The largest absolute Gasteiger partial charge is 0.433 e. The molecule has 0 bridgehead atoms. The van der Waals surface area contributed by atoms with Crippen molar-refractivity contribution in [3.63, 3.8) is 0 Å². The average Bonchev–Trinajstić information content (AvgIpc) is 3.06. The Morgan fingerprint density at radius 2 is 1.63 bits per heavy atom. The Labute approximate surface area is 172 Å². The van der Waals surface area contributed by atoms with Crippen LogP contribution in [-0.2, 0) is 22.7 Å². The third kappa shape index (κ3) is 4.69. The van der Waals surface area contributed by atoms with Crippen molar-refractivity contribution in [3.8, 4) is 22.4 Å². The van der Waals surface area contributed by atoms with Gasteiger partial charge in [0.05, 0.1) is 11.4 Å². The van der Waals surface area contributed by atoms with Crippen molar-refractivity contribution < 1.29 is 21.6 Å². The van der Waals surface area contributed by atoms with Crippen LogP contribution in [0, 0.1) is 0 Å². The quantitative estimate of drug-likeness (QED) is 0.638. The van der Waals surface area contributed by atoms with Crippen molar-refractivity contribution in [1.29, 1.82) is 0 Å². The predicted octanol–water partition coefficient (Wildman–Crippen LogP) is 2.84. The lowest BCUT2D eigenvalue weighted by atomic mass is 9.99. The summed E-state index contributed by atoms with van der Waals surface area (Å²) in [6.45, 7) is 0.375. The highest BCUT2D eigenvalue weighted by Crippen LogP contribution is 2.42. The molecule has 0 unspecified atom stereocenters. The molecule has 160 valence electrons. The van der Waals surface area contributed by atoms with Gasteiger partial charge in [-0.1, -0.05) is 12.1 Å². The van der Waals surface area contributed by atoms with Crippen LogP contribution in [0.2, 0.25) is 0 Å². The van der Waals surface area contributed by atoms with Crippen LogP contribution in [0.25, 0.3) is 22.4 Å². The summed E-state index contributed by atoms with van der Waals surface area (Å²) in [5.41, 5.74) is -0.233. The molecular formula is C19H20F3N5O2S. The molecule has 0 aliphatic heterocycles. The smallest absolute Gasteiger partial charge is 0.308 e. The summed E-state index contributed by atoms with van der Waals surface area (Å²) in [4.78, 5) is 5.49. The zero-order valence-corrected chi connectivity index (χ0v) is 17.1. The first kappa shape index (κ1) is 21.9. The Morgan fingerprint density at radius 3 is 2.13 bits per heavy atom. The molecule has 0 radical (unpaired) electrons. The number of sulfonamides is 1. The molecular weight excluding hydrogens is 419 g/mol. The average molecular weight is 439 g/mol. The number of primary sulfonamides is 1. The van der Waals surface area contributed by atoms with E-state index in [1.807, 2.05) is 0 Å². The third-order valence-electron chi connectivity index (χ3n) is 4.41. The van der Waals surface area contributed by atoms with Crippen molar-refractivity contribution >= 4 is 10.0 Å². The van der Waals surface area contributed by atoms with Gasteiger partial charge in [-0.25, -0.2) is 13.6 Å². The third-order valence-corrected chi connectivity index (χ3v) is 5.33. The van der Waals surface area contributed by atoms with Crippen molar-refractivity contribution in [1.82, 2.24) is 19.7 Å². The molecule has 3 aromatic rings. The van der Waals surface area contributed by atoms with Gasteiger partial charge in [0.2, 0.25) is 10.0 Å². The second-order valence-corrected chi connectivity index (χ2v) is 8.46. The van der Waals surface area contributed by atoms with Gasteiger partial charge in [-0.15, -0.1) is 0 Å². The number of benzene rings is 1. The molecule has 2 heterocycles. The number of nitrogens with two attached hydrogens (primary N) is 1. The minimum absolute atomic E-state index is 0.0230. The fourth-order valence-corrected chi connectivity index (χ4v) is 3.52. The lowest BCUT2D eigenvalue weighted by Crippen LogP contribution is -2.23.